The lowest BCUT2D eigenvalue weighted by atomic mass is 10.1. The van der Waals surface area contributed by atoms with E-state index in [0.29, 0.717) is 24.1 Å². The number of carbonyl (C=O) groups excluding carboxylic acids is 1. The molecule has 2 atom stereocenters. The predicted octanol–water partition coefficient (Wildman–Crippen LogP) is 11.1. The minimum atomic E-state index is -4.26. The standard InChI is InChI=1S/C39H78NO7P/c1-6-8-10-12-14-15-16-17-18-19-20-21-22-23-24-25-27-29-31-34-44-36-38(37-46-48(42,43)45-35-33-40(3,4)5)47-39(41)32-30-28-26-13-11-9-7-2/h18-19,38H,6-17,20-37H2,1-5H3/p+1/b19-18-. The fraction of sp³-hybridized carbons (Fsp3) is 0.923. The summed E-state index contributed by atoms with van der Waals surface area (Å²) in [7, 11) is 1.67. The molecule has 286 valence electrons. The molecule has 1 N–H and O–H groups in total. The van der Waals surface area contributed by atoms with Gasteiger partial charge >= 0.3 is 13.8 Å². The Balaban J connectivity index is 4.11. The molecule has 0 rings (SSSR count). The minimum Gasteiger partial charge on any atom is -0.457 e. The highest BCUT2D eigenvalue weighted by atomic mass is 31.2. The molecule has 0 aliphatic heterocycles. The number of nitrogens with zero attached hydrogens (tertiary/aromatic N) is 1. The van der Waals surface area contributed by atoms with Gasteiger partial charge in [-0.25, -0.2) is 4.57 Å². The number of esters is 1. The van der Waals surface area contributed by atoms with Gasteiger partial charge in [-0.15, -0.1) is 0 Å². The Morgan fingerprint density at radius 2 is 1.08 bits per heavy atom. The Kier molecular flexibility index (Phi) is 32.9. The van der Waals surface area contributed by atoms with E-state index in [2.05, 4.69) is 26.0 Å². The number of allylic oxidation sites excluding steroid dienone is 2. The van der Waals surface area contributed by atoms with Crippen LogP contribution in [0.3, 0.4) is 0 Å². The molecule has 0 radical (unpaired) electrons. The van der Waals surface area contributed by atoms with Crippen LogP contribution < -0.4 is 0 Å². The summed E-state index contributed by atoms with van der Waals surface area (Å²) >= 11 is 0. The van der Waals surface area contributed by atoms with Crippen molar-refractivity contribution in [2.45, 2.75) is 180 Å². The topological polar surface area (TPSA) is 91.3 Å². The van der Waals surface area contributed by atoms with Gasteiger partial charge in [-0.05, 0) is 38.5 Å². The third-order valence-corrected chi connectivity index (χ3v) is 9.56. The van der Waals surface area contributed by atoms with E-state index < -0.39 is 13.9 Å². The van der Waals surface area contributed by atoms with Crippen molar-refractivity contribution in [1.29, 1.82) is 0 Å². The van der Waals surface area contributed by atoms with Gasteiger partial charge in [-0.3, -0.25) is 13.8 Å². The summed E-state index contributed by atoms with van der Waals surface area (Å²) in [5.41, 5.74) is 0. The van der Waals surface area contributed by atoms with Crippen LogP contribution in [0, 0.1) is 0 Å². The van der Waals surface area contributed by atoms with Crippen molar-refractivity contribution in [1.82, 2.24) is 0 Å². The van der Waals surface area contributed by atoms with Crippen molar-refractivity contribution in [3.63, 3.8) is 0 Å². The van der Waals surface area contributed by atoms with E-state index in [9.17, 15) is 14.3 Å². The van der Waals surface area contributed by atoms with Crippen LogP contribution >= 0.6 is 7.82 Å². The van der Waals surface area contributed by atoms with Gasteiger partial charge < -0.3 is 18.9 Å². The second-order valence-electron chi connectivity index (χ2n) is 14.7. The van der Waals surface area contributed by atoms with Crippen LogP contribution in [0.2, 0.25) is 0 Å². The number of ether oxygens (including phenoxy) is 2. The molecule has 2 unspecified atom stereocenters. The van der Waals surface area contributed by atoms with Crippen molar-refractivity contribution in [2.75, 3.05) is 54.1 Å². The van der Waals surface area contributed by atoms with Gasteiger partial charge in [-0.2, -0.15) is 0 Å². The SMILES string of the molecule is CCCCCCCCC/C=C\CCCCCCCCCCOCC(COP(=O)(O)OCC[N+](C)(C)C)OC(=O)CCCCCCCCC. The number of phosphoric acid groups is 1. The molecular weight excluding hydrogens is 625 g/mol. The molecule has 8 nitrogen and oxygen atoms in total. The van der Waals surface area contributed by atoms with Crippen LogP contribution in [0.5, 0.6) is 0 Å². The largest absolute Gasteiger partial charge is 0.472 e. The second-order valence-corrected chi connectivity index (χ2v) is 16.1. The number of likely N-dealkylation sites (N-methyl/N-ethyl adjacent to an activating group) is 1. The summed E-state index contributed by atoms with van der Waals surface area (Å²) in [6, 6.07) is 0. The van der Waals surface area contributed by atoms with E-state index in [4.69, 9.17) is 18.5 Å². The fourth-order valence-electron chi connectivity index (χ4n) is 5.43. The van der Waals surface area contributed by atoms with Gasteiger partial charge in [0.15, 0.2) is 0 Å². The number of quaternary nitrogens is 1. The third kappa shape index (κ3) is 36.5. The molecule has 0 aromatic heterocycles. The highest BCUT2D eigenvalue weighted by Gasteiger charge is 2.26. The zero-order valence-corrected chi connectivity index (χ0v) is 33.1. The first-order valence-corrected chi connectivity index (χ1v) is 21.4. The molecule has 0 aliphatic rings. The van der Waals surface area contributed by atoms with Crippen LogP contribution in [-0.4, -0.2) is 75.6 Å². The van der Waals surface area contributed by atoms with Crippen molar-refractivity contribution in [2.24, 2.45) is 0 Å². The summed E-state index contributed by atoms with van der Waals surface area (Å²) in [4.78, 5) is 22.6. The van der Waals surface area contributed by atoms with Crippen LogP contribution in [0.15, 0.2) is 12.2 Å². The quantitative estimate of drug-likeness (QED) is 0.0226. The molecule has 0 bridgehead atoms. The normalized spacial score (nSPS) is 14.0. The molecule has 0 aromatic rings. The molecule has 0 aliphatic carbocycles. The lowest BCUT2D eigenvalue weighted by molar-refractivity contribution is -0.870. The lowest BCUT2D eigenvalue weighted by Gasteiger charge is -2.24. The number of rotatable bonds is 37. The molecule has 0 fully saturated rings. The number of hydrogen-bond acceptors (Lipinski definition) is 6. The Bertz CT molecular complexity index is 787. The zero-order chi connectivity index (χ0) is 35.6. The summed E-state index contributed by atoms with van der Waals surface area (Å²) in [6.45, 7) is 5.58. The monoisotopic (exact) mass is 705 g/mol. The number of phosphoric ester groups is 1. The zero-order valence-electron chi connectivity index (χ0n) is 32.2. The third-order valence-electron chi connectivity index (χ3n) is 8.58. The molecule has 0 saturated carbocycles. The first-order chi connectivity index (χ1) is 23.1. The molecule has 0 saturated heterocycles. The average molecular weight is 705 g/mol. The van der Waals surface area contributed by atoms with Crippen LogP contribution in [0.25, 0.3) is 0 Å². The van der Waals surface area contributed by atoms with Crippen molar-refractivity contribution in [3.05, 3.63) is 12.2 Å². The Labute approximate surface area is 297 Å². The van der Waals surface area contributed by atoms with Gasteiger partial charge in [0, 0.05) is 13.0 Å². The molecule has 0 aromatic carbocycles. The van der Waals surface area contributed by atoms with E-state index in [1.165, 1.54) is 122 Å². The average Bonchev–Trinajstić information content (AvgIpc) is 3.03. The predicted molar refractivity (Wildman–Crippen MR) is 201 cm³/mol. The maximum atomic E-state index is 12.5. The van der Waals surface area contributed by atoms with Gasteiger partial charge in [-0.1, -0.05) is 142 Å². The van der Waals surface area contributed by atoms with Crippen molar-refractivity contribution >= 4 is 13.8 Å². The summed E-state index contributed by atoms with van der Waals surface area (Å²) in [6.07, 6.45) is 34.0. The number of hydrogen-bond donors (Lipinski definition) is 1. The van der Waals surface area contributed by atoms with Crippen LogP contribution in [-0.2, 0) is 27.9 Å². The first kappa shape index (κ1) is 47.2. The molecule has 0 spiro atoms. The van der Waals surface area contributed by atoms with Gasteiger partial charge in [0.2, 0.25) is 0 Å². The van der Waals surface area contributed by atoms with E-state index in [1.807, 2.05) is 21.1 Å². The van der Waals surface area contributed by atoms with E-state index in [-0.39, 0.29) is 25.8 Å². The smallest absolute Gasteiger partial charge is 0.457 e. The summed E-state index contributed by atoms with van der Waals surface area (Å²) < 4.78 is 34.8. The Morgan fingerprint density at radius 1 is 0.625 bits per heavy atom. The Morgan fingerprint density at radius 3 is 1.58 bits per heavy atom. The van der Waals surface area contributed by atoms with Crippen LogP contribution in [0.1, 0.15) is 174 Å². The van der Waals surface area contributed by atoms with E-state index in [0.717, 1.165) is 32.1 Å². The maximum Gasteiger partial charge on any atom is 0.472 e. The van der Waals surface area contributed by atoms with Gasteiger partial charge in [0.05, 0.1) is 34.4 Å². The van der Waals surface area contributed by atoms with Gasteiger partial charge in [0.25, 0.3) is 0 Å². The van der Waals surface area contributed by atoms with Crippen molar-refractivity contribution < 1.29 is 37.3 Å². The maximum absolute atomic E-state index is 12.5. The van der Waals surface area contributed by atoms with Crippen LogP contribution in [0.4, 0.5) is 0 Å². The highest BCUT2D eigenvalue weighted by molar-refractivity contribution is 7.47. The molecule has 0 heterocycles. The van der Waals surface area contributed by atoms with Crippen molar-refractivity contribution in [3.8, 4) is 0 Å². The minimum absolute atomic E-state index is 0.0905. The van der Waals surface area contributed by atoms with Gasteiger partial charge in [0.1, 0.15) is 19.3 Å². The molecule has 9 heteroatoms. The number of carbonyl (C=O) groups is 1. The molecule has 0 amide bonds. The molecular formula is C39H79NO7P+. The lowest BCUT2D eigenvalue weighted by Crippen LogP contribution is -2.37. The second kappa shape index (κ2) is 33.4. The first-order valence-electron chi connectivity index (χ1n) is 19.9. The fourth-order valence-corrected chi connectivity index (χ4v) is 6.17. The molecule has 48 heavy (non-hydrogen) atoms. The summed E-state index contributed by atoms with van der Waals surface area (Å²) in [5, 5.41) is 0. The van der Waals surface area contributed by atoms with E-state index >= 15 is 0 Å². The summed E-state index contributed by atoms with van der Waals surface area (Å²) in [5.74, 6) is -0.320. The highest BCUT2D eigenvalue weighted by Crippen LogP contribution is 2.43. The Hall–Kier alpha value is -0.760. The number of unbranched alkanes of at least 4 members (excludes halogenated alkanes) is 21. The van der Waals surface area contributed by atoms with E-state index in [1.54, 1.807) is 0 Å².